The van der Waals surface area contributed by atoms with Gasteiger partial charge in [0.25, 0.3) is 0 Å². The first-order chi connectivity index (χ1) is 9.95. The summed E-state index contributed by atoms with van der Waals surface area (Å²) in [4.78, 5) is 0. The van der Waals surface area contributed by atoms with Crippen LogP contribution in [0.25, 0.3) is 0 Å². The van der Waals surface area contributed by atoms with Crippen LogP contribution in [-0.4, -0.2) is 26.0 Å². The zero-order valence-corrected chi connectivity index (χ0v) is 14.1. The maximum atomic E-state index is 12.1. The van der Waals surface area contributed by atoms with E-state index in [2.05, 4.69) is 36.5 Å². The highest BCUT2D eigenvalue weighted by molar-refractivity contribution is 7.91. The number of sulfone groups is 1. The Morgan fingerprint density at radius 3 is 2.67 bits per heavy atom. The lowest BCUT2D eigenvalue weighted by Gasteiger charge is -2.22. The molecule has 1 aliphatic carbocycles. The molecule has 1 aromatic rings. The van der Waals surface area contributed by atoms with E-state index < -0.39 is 9.84 Å². The topological polar surface area (TPSA) is 46.2 Å². The van der Waals surface area contributed by atoms with E-state index in [0.29, 0.717) is 17.7 Å². The van der Waals surface area contributed by atoms with Crippen molar-refractivity contribution in [3.63, 3.8) is 0 Å². The van der Waals surface area contributed by atoms with Gasteiger partial charge in [-0.25, -0.2) is 8.42 Å². The molecule has 0 saturated heterocycles. The third-order valence-electron chi connectivity index (χ3n) is 4.45. The Kier molecular flexibility index (Phi) is 5.44. The minimum Gasteiger partial charge on any atom is -0.310 e. The van der Waals surface area contributed by atoms with Gasteiger partial charge in [-0.3, -0.25) is 0 Å². The van der Waals surface area contributed by atoms with E-state index in [0.717, 1.165) is 25.8 Å². The maximum absolute atomic E-state index is 12.1. The van der Waals surface area contributed by atoms with Crippen molar-refractivity contribution in [3.05, 3.63) is 35.4 Å². The summed E-state index contributed by atoms with van der Waals surface area (Å²) in [6, 6.07) is 8.81. The molecule has 21 heavy (non-hydrogen) atoms. The van der Waals surface area contributed by atoms with Crippen LogP contribution < -0.4 is 5.32 Å². The number of benzene rings is 1. The Balaban J connectivity index is 2.09. The number of hydrogen-bond acceptors (Lipinski definition) is 3. The van der Waals surface area contributed by atoms with E-state index >= 15 is 0 Å². The minimum absolute atomic E-state index is 0.275. The smallest absolute Gasteiger partial charge is 0.152 e. The molecule has 1 N–H and O–H groups in total. The predicted molar refractivity (Wildman–Crippen MR) is 88.2 cm³/mol. The summed E-state index contributed by atoms with van der Waals surface area (Å²) in [5.41, 5.74) is 2.73. The van der Waals surface area contributed by atoms with Gasteiger partial charge in [0.05, 0.1) is 11.0 Å². The molecule has 0 amide bonds. The first-order valence-electron chi connectivity index (χ1n) is 7.98. The molecular formula is C17H27NO2S. The lowest BCUT2D eigenvalue weighted by Crippen LogP contribution is -2.28. The predicted octanol–water partition coefficient (Wildman–Crippen LogP) is 3.11. The van der Waals surface area contributed by atoms with Gasteiger partial charge in [-0.15, -0.1) is 0 Å². The molecule has 1 aliphatic rings. The van der Waals surface area contributed by atoms with E-state index in [9.17, 15) is 8.42 Å². The fourth-order valence-corrected chi connectivity index (χ4v) is 4.18. The maximum Gasteiger partial charge on any atom is 0.152 e. The molecule has 0 bridgehead atoms. The van der Waals surface area contributed by atoms with Crippen molar-refractivity contribution < 1.29 is 8.42 Å². The lowest BCUT2D eigenvalue weighted by atomic mass is 9.98. The highest BCUT2D eigenvalue weighted by Gasteiger charge is 2.32. The van der Waals surface area contributed by atoms with E-state index in [-0.39, 0.29) is 5.25 Å². The van der Waals surface area contributed by atoms with Gasteiger partial charge in [0.2, 0.25) is 0 Å². The number of hydrogen-bond donors (Lipinski definition) is 1. The first kappa shape index (κ1) is 16.5. The van der Waals surface area contributed by atoms with Crippen LogP contribution in [-0.2, 0) is 16.3 Å². The molecule has 2 unspecified atom stereocenters. The summed E-state index contributed by atoms with van der Waals surface area (Å²) in [7, 11) is -2.94. The standard InChI is InChI=1S/C17H27NO2S/c1-4-10-18-17-15(9-11-21(19,20)13(2)3)12-14-7-5-6-8-16(14)17/h5-8,13,15,17-18H,4,9-12H2,1-3H3. The normalized spacial score (nSPS) is 21.7. The molecular weight excluding hydrogens is 282 g/mol. The Hall–Kier alpha value is -0.870. The van der Waals surface area contributed by atoms with Gasteiger partial charge >= 0.3 is 0 Å². The van der Waals surface area contributed by atoms with Crippen molar-refractivity contribution in [2.75, 3.05) is 12.3 Å². The summed E-state index contributed by atoms with van der Waals surface area (Å²) >= 11 is 0. The fraction of sp³-hybridized carbons (Fsp3) is 0.647. The van der Waals surface area contributed by atoms with Gasteiger partial charge in [-0.2, -0.15) is 0 Å². The summed E-state index contributed by atoms with van der Waals surface area (Å²) in [6.07, 6.45) is 2.83. The second-order valence-electron chi connectivity index (χ2n) is 6.30. The summed E-state index contributed by atoms with van der Waals surface area (Å²) < 4.78 is 24.1. The van der Waals surface area contributed by atoms with Gasteiger partial charge in [-0.1, -0.05) is 31.2 Å². The van der Waals surface area contributed by atoms with E-state index in [1.165, 1.54) is 11.1 Å². The summed E-state index contributed by atoms with van der Waals surface area (Å²) in [5, 5.41) is 3.33. The van der Waals surface area contributed by atoms with Crippen molar-refractivity contribution in [2.24, 2.45) is 5.92 Å². The molecule has 0 heterocycles. The Labute approximate surface area is 129 Å². The fourth-order valence-electron chi connectivity index (χ4n) is 3.07. The van der Waals surface area contributed by atoms with Crippen LogP contribution in [0.2, 0.25) is 0 Å². The minimum atomic E-state index is -2.94. The van der Waals surface area contributed by atoms with Crippen molar-refractivity contribution in [1.29, 1.82) is 0 Å². The van der Waals surface area contributed by atoms with Crippen molar-refractivity contribution in [1.82, 2.24) is 5.32 Å². The molecule has 0 fully saturated rings. The number of nitrogens with one attached hydrogen (secondary N) is 1. The average Bonchev–Trinajstić information content (AvgIpc) is 2.80. The molecule has 0 radical (unpaired) electrons. The second-order valence-corrected chi connectivity index (χ2v) is 8.98. The first-order valence-corrected chi connectivity index (χ1v) is 9.70. The van der Waals surface area contributed by atoms with E-state index in [4.69, 9.17) is 0 Å². The van der Waals surface area contributed by atoms with Crippen LogP contribution in [0.5, 0.6) is 0 Å². The quantitative estimate of drug-likeness (QED) is 0.842. The highest BCUT2D eigenvalue weighted by Crippen LogP contribution is 2.38. The molecule has 4 heteroatoms. The zero-order valence-electron chi connectivity index (χ0n) is 13.3. The summed E-state index contributed by atoms with van der Waals surface area (Å²) in [6.45, 7) is 6.68. The largest absolute Gasteiger partial charge is 0.310 e. The molecule has 0 aliphatic heterocycles. The van der Waals surface area contributed by atoms with Crippen molar-refractivity contribution in [2.45, 2.75) is 51.3 Å². The number of rotatable bonds is 7. The molecule has 0 aromatic heterocycles. The zero-order chi connectivity index (χ0) is 15.5. The van der Waals surface area contributed by atoms with Crippen LogP contribution in [0.15, 0.2) is 24.3 Å². The van der Waals surface area contributed by atoms with Crippen LogP contribution >= 0.6 is 0 Å². The van der Waals surface area contributed by atoms with Gasteiger partial charge in [0.1, 0.15) is 0 Å². The molecule has 3 nitrogen and oxygen atoms in total. The Morgan fingerprint density at radius 1 is 1.29 bits per heavy atom. The third-order valence-corrected chi connectivity index (χ3v) is 6.69. The van der Waals surface area contributed by atoms with Crippen LogP contribution in [0.3, 0.4) is 0 Å². The molecule has 0 saturated carbocycles. The van der Waals surface area contributed by atoms with Crippen molar-refractivity contribution in [3.8, 4) is 0 Å². The second kappa shape index (κ2) is 6.93. The van der Waals surface area contributed by atoms with Gasteiger partial charge in [0, 0.05) is 6.04 Å². The molecule has 0 spiro atoms. The highest BCUT2D eigenvalue weighted by atomic mass is 32.2. The van der Waals surface area contributed by atoms with Crippen LogP contribution in [0.1, 0.15) is 50.8 Å². The van der Waals surface area contributed by atoms with Crippen LogP contribution in [0, 0.1) is 5.92 Å². The Bertz CT molecular complexity index is 566. The van der Waals surface area contributed by atoms with Gasteiger partial charge < -0.3 is 5.32 Å². The molecule has 2 rings (SSSR count). The SMILES string of the molecule is CCCNC1c2ccccc2CC1CCS(=O)(=O)C(C)C. The lowest BCUT2D eigenvalue weighted by molar-refractivity contribution is 0.379. The molecule has 118 valence electrons. The summed E-state index contributed by atoms with van der Waals surface area (Å²) in [5.74, 6) is 0.690. The van der Waals surface area contributed by atoms with Crippen molar-refractivity contribution >= 4 is 9.84 Å². The average molecular weight is 309 g/mol. The molecule has 1 aromatic carbocycles. The number of fused-ring (bicyclic) bond motifs is 1. The van der Waals surface area contributed by atoms with Gasteiger partial charge in [0.15, 0.2) is 9.84 Å². The monoisotopic (exact) mass is 309 g/mol. The Morgan fingerprint density at radius 2 is 2.00 bits per heavy atom. The van der Waals surface area contributed by atoms with E-state index in [1.54, 1.807) is 13.8 Å². The molecule has 2 atom stereocenters. The van der Waals surface area contributed by atoms with E-state index in [1.807, 2.05) is 0 Å². The third kappa shape index (κ3) is 3.86. The van der Waals surface area contributed by atoms with Gasteiger partial charge in [-0.05, 0) is 56.7 Å². The van der Waals surface area contributed by atoms with Crippen LogP contribution in [0.4, 0.5) is 0 Å².